The Bertz CT molecular complexity index is 799. The summed E-state index contributed by atoms with van der Waals surface area (Å²) < 4.78 is 0. The van der Waals surface area contributed by atoms with E-state index in [1.807, 2.05) is 12.1 Å². The summed E-state index contributed by atoms with van der Waals surface area (Å²) in [5.74, 6) is -1.07. The van der Waals surface area contributed by atoms with Crippen molar-refractivity contribution in [2.45, 2.75) is 31.8 Å². The highest BCUT2D eigenvalue weighted by Gasteiger charge is 2.56. The molecule has 4 rings (SSSR count). The van der Waals surface area contributed by atoms with Crippen LogP contribution < -0.4 is 16.0 Å². The highest BCUT2D eigenvalue weighted by atomic mass is 16.2. The lowest BCUT2D eigenvalue weighted by atomic mass is 10.1. The second kappa shape index (κ2) is 6.50. The summed E-state index contributed by atoms with van der Waals surface area (Å²) in [5, 5.41) is 3.45. The van der Waals surface area contributed by atoms with E-state index in [2.05, 4.69) is 34.2 Å². The molecule has 3 atom stereocenters. The Morgan fingerprint density at radius 1 is 1.26 bits per heavy atom. The molecule has 0 radical (unpaired) electrons. The third-order valence-corrected chi connectivity index (χ3v) is 5.61. The first-order valence-corrected chi connectivity index (χ1v) is 9.10. The van der Waals surface area contributed by atoms with Gasteiger partial charge in [0.15, 0.2) is 0 Å². The van der Waals surface area contributed by atoms with Gasteiger partial charge in [-0.15, -0.1) is 0 Å². The quantitative estimate of drug-likeness (QED) is 0.739. The minimum absolute atomic E-state index is 0.192. The van der Waals surface area contributed by atoms with Crippen LogP contribution in [0.25, 0.3) is 0 Å². The number of nitrogens with zero attached hydrogens (tertiary/aromatic N) is 4. The fourth-order valence-electron chi connectivity index (χ4n) is 4.35. The van der Waals surface area contributed by atoms with E-state index in [1.54, 1.807) is 7.05 Å². The van der Waals surface area contributed by atoms with Gasteiger partial charge in [0.25, 0.3) is 5.91 Å². The highest BCUT2D eigenvalue weighted by molar-refractivity contribution is 6.03. The summed E-state index contributed by atoms with van der Waals surface area (Å²) in [6.45, 7) is 3.26. The number of hydrogen-bond donors (Lipinski definition) is 2. The van der Waals surface area contributed by atoms with Crippen molar-refractivity contribution in [3.8, 4) is 0 Å². The van der Waals surface area contributed by atoms with Gasteiger partial charge in [-0.05, 0) is 25.0 Å². The Labute approximate surface area is 157 Å². The zero-order valence-corrected chi connectivity index (χ0v) is 15.5. The largest absolute Gasteiger partial charge is 0.368 e. The lowest BCUT2D eigenvalue weighted by molar-refractivity contribution is -0.141. The monoisotopic (exact) mass is 372 g/mol. The third-order valence-electron chi connectivity index (χ3n) is 5.61. The van der Waals surface area contributed by atoms with Crippen molar-refractivity contribution in [1.29, 1.82) is 0 Å². The molecule has 3 N–H and O–H groups in total. The highest BCUT2D eigenvalue weighted by Crippen LogP contribution is 2.33. The van der Waals surface area contributed by atoms with Crippen molar-refractivity contribution >= 4 is 23.5 Å². The predicted octanol–water partition coefficient (Wildman–Crippen LogP) is -0.532. The van der Waals surface area contributed by atoms with Gasteiger partial charge in [0.05, 0.1) is 0 Å². The summed E-state index contributed by atoms with van der Waals surface area (Å²) in [5.41, 5.74) is 7.50. The number of hydrogen-bond acceptors (Lipinski definition) is 6. The molecule has 0 bridgehead atoms. The molecule has 0 aliphatic carbocycles. The predicted molar refractivity (Wildman–Crippen MR) is 98.4 cm³/mol. The van der Waals surface area contributed by atoms with E-state index in [0.29, 0.717) is 0 Å². The average molecular weight is 372 g/mol. The maximum absolute atomic E-state index is 13.0. The van der Waals surface area contributed by atoms with Crippen molar-refractivity contribution in [3.63, 3.8) is 0 Å². The first-order chi connectivity index (χ1) is 12.9. The SMILES string of the molecule is Cc1ccccc1N1CCCN2C3C(=O)N(CC(N)=O)C(=O)N(C)C3NC12. The molecule has 9 nitrogen and oxygen atoms in total. The fourth-order valence-corrected chi connectivity index (χ4v) is 4.35. The number of fused-ring (bicyclic) bond motifs is 3. The smallest absolute Gasteiger partial charge is 0.328 e. The Hall–Kier alpha value is -2.65. The second-order valence-corrected chi connectivity index (χ2v) is 7.29. The topological polar surface area (TPSA) is 102 Å². The molecule has 0 aromatic heterocycles. The Balaban J connectivity index is 1.67. The molecule has 1 aromatic carbocycles. The van der Waals surface area contributed by atoms with Crippen molar-refractivity contribution < 1.29 is 14.4 Å². The van der Waals surface area contributed by atoms with E-state index in [0.717, 1.165) is 35.7 Å². The van der Waals surface area contributed by atoms with Gasteiger partial charge in [0.1, 0.15) is 25.0 Å². The molecule has 0 saturated carbocycles. The first kappa shape index (κ1) is 17.7. The van der Waals surface area contributed by atoms with Gasteiger partial charge in [-0.2, -0.15) is 0 Å². The normalized spacial score (nSPS) is 28.4. The number of urea groups is 1. The number of likely N-dealkylation sites (N-methyl/N-ethyl adjacent to an activating group) is 1. The molecule has 4 amide bonds. The van der Waals surface area contributed by atoms with Gasteiger partial charge in [-0.25, -0.2) is 4.79 Å². The van der Waals surface area contributed by atoms with Crippen LogP contribution in [0.5, 0.6) is 0 Å². The van der Waals surface area contributed by atoms with Crippen molar-refractivity contribution in [2.24, 2.45) is 5.73 Å². The fraction of sp³-hybridized carbons (Fsp3) is 0.500. The molecular formula is C18H24N6O3. The minimum atomic E-state index is -0.703. The van der Waals surface area contributed by atoms with Crippen LogP contribution in [0.15, 0.2) is 24.3 Å². The molecule has 144 valence electrons. The van der Waals surface area contributed by atoms with Gasteiger partial charge >= 0.3 is 6.03 Å². The Morgan fingerprint density at radius 2 is 2.00 bits per heavy atom. The summed E-state index contributed by atoms with van der Waals surface area (Å²) >= 11 is 0. The zero-order chi connectivity index (χ0) is 19.3. The standard InChI is InChI=1S/C18H24N6O3/c1-11-6-3-4-7-12(11)22-8-5-9-23-14-15(20-17(22)23)21(2)18(27)24(16(14)26)10-13(19)25/h3-4,6-7,14-15,17,20H,5,8-10H2,1-2H3,(H2,19,25). The van der Waals surface area contributed by atoms with E-state index in [1.165, 1.54) is 4.90 Å². The van der Waals surface area contributed by atoms with Gasteiger partial charge in [0, 0.05) is 25.8 Å². The Kier molecular flexibility index (Phi) is 4.27. The minimum Gasteiger partial charge on any atom is -0.368 e. The van der Waals surface area contributed by atoms with E-state index >= 15 is 0 Å². The number of carbonyl (C=O) groups is 3. The molecule has 3 saturated heterocycles. The van der Waals surface area contributed by atoms with Crippen LogP contribution in [0, 0.1) is 6.92 Å². The lowest BCUT2D eigenvalue weighted by Crippen LogP contribution is -2.67. The first-order valence-electron chi connectivity index (χ1n) is 9.10. The number of nitrogens with one attached hydrogen (secondary N) is 1. The number of nitrogens with two attached hydrogens (primary N) is 1. The molecule has 3 aliphatic heterocycles. The number of amides is 4. The maximum Gasteiger partial charge on any atom is 0.328 e. The zero-order valence-electron chi connectivity index (χ0n) is 15.5. The van der Waals surface area contributed by atoms with E-state index in [-0.39, 0.29) is 12.2 Å². The number of para-hydroxylation sites is 1. The van der Waals surface area contributed by atoms with Gasteiger partial charge in [-0.1, -0.05) is 18.2 Å². The number of imide groups is 1. The van der Waals surface area contributed by atoms with Crippen molar-refractivity contribution in [1.82, 2.24) is 20.0 Å². The Morgan fingerprint density at radius 3 is 2.70 bits per heavy atom. The van der Waals surface area contributed by atoms with Crippen molar-refractivity contribution in [3.05, 3.63) is 29.8 Å². The summed E-state index contributed by atoms with van der Waals surface area (Å²) in [7, 11) is 1.64. The molecule has 3 unspecified atom stereocenters. The van der Waals surface area contributed by atoms with Gasteiger partial charge in [0.2, 0.25) is 5.91 Å². The number of benzene rings is 1. The molecule has 3 aliphatic rings. The van der Waals surface area contributed by atoms with Gasteiger partial charge < -0.3 is 15.5 Å². The molecule has 0 spiro atoms. The van der Waals surface area contributed by atoms with E-state index in [9.17, 15) is 14.4 Å². The van der Waals surface area contributed by atoms with Crippen LogP contribution in [-0.4, -0.2) is 77.7 Å². The number of primary amides is 1. The lowest BCUT2D eigenvalue weighted by Gasteiger charge is -2.44. The van der Waals surface area contributed by atoms with E-state index in [4.69, 9.17) is 5.73 Å². The molecular weight excluding hydrogens is 348 g/mol. The van der Waals surface area contributed by atoms with Crippen LogP contribution >= 0.6 is 0 Å². The molecule has 1 aromatic rings. The van der Waals surface area contributed by atoms with Crippen LogP contribution in [0.3, 0.4) is 0 Å². The summed E-state index contributed by atoms with van der Waals surface area (Å²) in [6, 6.07) is 7.09. The second-order valence-electron chi connectivity index (χ2n) is 7.29. The molecule has 3 heterocycles. The summed E-state index contributed by atoms with van der Waals surface area (Å²) in [6.07, 6.45) is 0.266. The molecule has 9 heteroatoms. The summed E-state index contributed by atoms with van der Waals surface area (Å²) in [4.78, 5) is 43.7. The maximum atomic E-state index is 13.0. The number of carbonyl (C=O) groups excluding carboxylic acids is 3. The number of aryl methyl sites for hydroxylation is 1. The number of rotatable bonds is 3. The van der Waals surface area contributed by atoms with Crippen molar-refractivity contribution in [2.75, 3.05) is 31.6 Å². The van der Waals surface area contributed by atoms with Crippen LogP contribution in [0.2, 0.25) is 0 Å². The third kappa shape index (κ3) is 2.74. The number of anilines is 1. The van der Waals surface area contributed by atoms with Crippen LogP contribution in [-0.2, 0) is 9.59 Å². The van der Waals surface area contributed by atoms with Crippen LogP contribution in [0.1, 0.15) is 12.0 Å². The van der Waals surface area contributed by atoms with E-state index < -0.39 is 30.7 Å². The van der Waals surface area contributed by atoms with Crippen LogP contribution in [0.4, 0.5) is 10.5 Å². The average Bonchev–Trinajstić information content (AvgIpc) is 3.04. The van der Waals surface area contributed by atoms with Gasteiger partial charge in [-0.3, -0.25) is 24.7 Å². The molecule has 27 heavy (non-hydrogen) atoms. The molecule has 3 fully saturated rings.